The fourth-order valence-electron chi connectivity index (χ4n) is 6.99. The number of aliphatic hydroxyl groups excluding tert-OH is 1. The molecule has 42 heavy (non-hydrogen) atoms. The second-order valence-electron chi connectivity index (χ2n) is 11.6. The molecule has 0 bridgehead atoms. The lowest BCUT2D eigenvalue weighted by atomic mass is 9.85. The number of ether oxygens (including phenoxy) is 2. The summed E-state index contributed by atoms with van der Waals surface area (Å²) in [7, 11) is 0. The first-order valence-electron chi connectivity index (χ1n) is 14.7. The maximum atomic E-state index is 14.2. The van der Waals surface area contributed by atoms with E-state index in [1.807, 2.05) is 6.07 Å². The van der Waals surface area contributed by atoms with Crippen LogP contribution in [0.2, 0.25) is 0 Å². The molecule has 3 aromatic carbocycles. The molecule has 1 aromatic heterocycles. The van der Waals surface area contributed by atoms with E-state index in [0.717, 1.165) is 31.9 Å². The molecule has 3 N–H and O–H groups in total. The van der Waals surface area contributed by atoms with Gasteiger partial charge in [0.05, 0.1) is 22.3 Å². The molecule has 4 aliphatic rings. The molecular weight excluding hydrogens is 536 g/mol. The first-order valence-corrected chi connectivity index (χ1v) is 14.7. The van der Waals surface area contributed by atoms with Gasteiger partial charge >= 0.3 is 0 Å². The van der Waals surface area contributed by atoms with Crippen molar-refractivity contribution in [2.24, 2.45) is 0 Å². The number of nitrogens with one attached hydrogen (secondary N) is 1. The predicted octanol–water partition coefficient (Wildman–Crippen LogP) is 4.95. The Morgan fingerprint density at radius 1 is 0.905 bits per heavy atom. The van der Waals surface area contributed by atoms with Crippen molar-refractivity contribution < 1.29 is 29.0 Å². The van der Waals surface area contributed by atoms with Crippen molar-refractivity contribution in [2.45, 2.75) is 44.4 Å². The van der Waals surface area contributed by atoms with Crippen molar-refractivity contribution >= 4 is 33.7 Å². The Morgan fingerprint density at radius 2 is 1.62 bits per heavy atom. The Kier molecular flexibility index (Phi) is 6.09. The number of hydrogen-bond acceptors (Lipinski definition) is 10. The van der Waals surface area contributed by atoms with E-state index in [4.69, 9.17) is 14.0 Å². The van der Waals surface area contributed by atoms with E-state index < -0.39 is 6.29 Å². The minimum atomic E-state index is -1.55. The summed E-state index contributed by atoms with van der Waals surface area (Å²) >= 11 is 0. The molecule has 2 aliphatic carbocycles. The van der Waals surface area contributed by atoms with E-state index in [2.05, 4.69) is 20.3 Å². The normalized spacial score (nSPS) is 18.6. The highest BCUT2D eigenvalue weighted by Crippen LogP contribution is 2.49. The lowest BCUT2D eigenvalue weighted by Gasteiger charge is -2.41. The zero-order chi connectivity index (χ0) is 28.4. The van der Waals surface area contributed by atoms with Crippen LogP contribution in [0.25, 0.3) is 22.2 Å². The van der Waals surface area contributed by atoms with Crippen LogP contribution in [0.4, 0.5) is 17.1 Å². The summed E-state index contributed by atoms with van der Waals surface area (Å²) in [6.07, 6.45) is 4.99. The van der Waals surface area contributed by atoms with Gasteiger partial charge in [0.2, 0.25) is 6.79 Å². The van der Waals surface area contributed by atoms with Crippen LogP contribution in [0, 0.1) is 0 Å². The van der Waals surface area contributed by atoms with Crippen molar-refractivity contribution in [1.29, 1.82) is 0 Å². The van der Waals surface area contributed by atoms with E-state index in [1.54, 1.807) is 36.4 Å². The van der Waals surface area contributed by atoms with Crippen LogP contribution in [0.15, 0.2) is 47.0 Å². The van der Waals surface area contributed by atoms with E-state index >= 15 is 0 Å². The molecule has 10 heteroatoms. The van der Waals surface area contributed by atoms with Crippen molar-refractivity contribution in [3.8, 4) is 22.8 Å². The highest BCUT2D eigenvalue weighted by molar-refractivity contribution is 6.29. The van der Waals surface area contributed by atoms with Crippen molar-refractivity contribution in [2.75, 3.05) is 43.2 Å². The highest BCUT2D eigenvalue weighted by Gasteiger charge is 2.36. The Morgan fingerprint density at radius 3 is 2.33 bits per heavy atom. The minimum Gasteiger partial charge on any atom is -0.454 e. The summed E-state index contributed by atoms with van der Waals surface area (Å²) in [5.41, 5.74) is 4.94. The molecule has 2 aliphatic heterocycles. The highest BCUT2D eigenvalue weighted by atomic mass is 16.7. The van der Waals surface area contributed by atoms with Gasteiger partial charge in [0.25, 0.3) is 0 Å². The summed E-state index contributed by atoms with van der Waals surface area (Å²) in [6.45, 7) is 3.79. The standard InChI is InChI=1S/C32H32N4O6/c37-30-21-14-25-26(41-17-40-25)15-22(21)31-28-27(30)23(33-19-8-6-18(7-9-19)32(38)39)16-24(29(28)34-42-31)36-12-10-35(11-13-36)20-4-2-1-3-5-20/h6-9,14-16,20,32-33,38-39H,1-5,10-13,17H2. The van der Waals surface area contributed by atoms with Crippen molar-refractivity contribution in [3.05, 3.63) is 59.2 Å². The van der Waals surface area contributed by atoms with Gasteiger partial charge in [-0.1, -0.05) is 36.6 Å². The zero-order valence-corrected chi connectivity index (χ0v) is 23.1. The number of carbonyl (C=O) groups is 1. The van der Waals surface area contributed by atoms with Gasteiger partial charge in [-0.05, 0) is 43.2 Å². The molecule has 0 unspecified atom stereocenters. The maximum Gasteiger partial charge on any atom is 0.231 e. The number of anilines is 3. The third-order valence-electron chi connectivity index (χ3n) is 9.20. The van der Waals surface area contributed by atoms with Gasteiger partial charge in [-0.15, -0.1) is 0 Å². The van der Waals surface area contributed by atoms with Gasteiger partial charge in [-0.25, -0.2) is 0 Å². The Labute approximate surface area is 242 Å². The number of rotatable bonds is 5. The van der Waals surface area contributed by atoms with E-state index in [9.17, 15) is 15.0 Å². The van der Waals surface area contributed by atoms with Gasteiger partial charge in [0, 0.05) is 54.6 Å². The number of ketones is 1. The molecule has 1 saturated carbocycles. The third-order valence-corrected chi connectivity index (χ3v) is 9.20. The van der Waals surface area contributed by atoms with Gasteiger partial charge in [-0.3, -0.25) is 9.69 Å². The van der Waals surface area contributed by atoms with Crippen LogP contribution in [0.3, 0.4) is 0 Å². The average Bonchev–Trinajstić information content (AvgIpc) is 3.67. The van der Waals surface area contributed by atoms with Gasteiger partial charge in [-0.2, -0.15) is 0 Å². The van der Waals surface area contributed by atoms with E-state index in [0.29, 0.717) is 67.8 Å². The molecule has 4 aromatic rings. The molecule has 2 fully saturated rings. The minimum absolute atomic E-state index is 0.105. The van der Waals surface area contributed by atoms with Crippen molar-refractivity contribution in [3.63, 3.8) is 0 Å². The van der Waals surface area contributed by atoms with Gasteiger partial charge in [0.15, 0.2) is 29.3 Å². The van der Waals surface area contributed by atoms with E-state index in [1.165, 1.54) is 32.1 Å². The lowest BCUT2D eigenvalue weighted by Crippen LogP contribution is -2.51. The van der Waals surface area contributed by atoms with E-state index in [-0.39, 0.29) is 12.6 Å². The molecular formula is C32H32N4O6. The molecule has 3 heterocycles. The second kappa shape index (κ2) is 10.0. The molecule has 0 atom stereocenters. The fraction of sp³-hybridized carbons (Fsp3) is 0.375. The topological polar surface area (TPSA) is 121 Å². The summed E-state index contributed by atoms with van der Waals surface area (Å²) < 4.78 is 17.2. The molecule has 0 spiro atoms. The molecule has 216 valence electrons. The van der Waals surface area contributed by atoms with Crippen LogP contribution >= 0.6 is 0 Å². The first kappa shape index (κ1) is 25.6. The van der Waals surface area contributed by atoms with Crippen LogP contribution in [0.1, 0.15) is 59.9 Å². The number of piperazine rings is 1. The number of carbonyl (C=O) groups excluding carboxylic acids is 1. The molecule has 10 nitrogen and oxygen atoms in total. The predicted molar refractivity (Wildman–Crippen MR) is 157 cm³/mol. The molecule has 0 radical (unpaired) electrons. The molecule has 1 saturated heterocycles. The number of aliphatic hydroxyl groups is 2. The second-order valence-corrected chi connectivity index (χ2v) is 11.6. The lowest BCUT2D eigenvalue weighted by molar-refractivity contribution is -0.0424. The Bertz CT molecular complexity index is 1680. The number of nitrogens with zero attached hydrogens (tertiary/aromatic N) is 3. The van der Waals surface area contributed by atoms with Crippen LogP contribution in [-0.2, 0) is 0 Å². The Hall–Kier alpha value is -4.12. The van der Waals surface area contributed by atoms with Crippen molar-refractivity contribution in [1.82, 2.24) is 10.1 Å². The summed E-state index contributed by atoms with van der Waals surface area (Å²) in [6, 6.07) is 13.0. The number of hydrogen-bond donors (Lipinski definition) is 3. The fourth-order valence-corrected chi connectivity index (χ4v) is 6.99. The van der Waals surface area contributed by atoms with Crippen LogP contribution in [-0.4, -0.2) is 65.1 Å². The zero-order valence-electron chi connectivity index (χ0n) is 23.1. The Balaban J connectivity index is 1.22. The number of benzene rings is 3. The number of aromatic nitrogens is 1. The van der Waals surface area contributed by atoms with Crippen LogP contribution in [0.5, 0.6) is 11.5 Å². The number of fused-ring (bicyclic) bond motifs is 3. The average molecular weight is 569 g/mol. The molecule has 0 amide bonds. The summed E-state index contributed by atoms with van der Waals surface area (Å²) in [5, 5.41) is 27.7. The van der Waals surface area contributed by atoms with Gasteiger partial charge in [0.1, 0.15) is 5.52 Å². The third kappa shape index (κ3) is 4.12. The SMILES string of the molecule is O=C1c2cc3c(cc2-c2onc4c(N5CCN(C6CCCCC6)CC5)cc(Nc5ccc(C(O)O)cc5)c1c24)OCO3. The first-order chi connectivity index (χ1) is 20.5. The smallest absolute Gasteiger partial charge is 0.231 e. The summed E-state index contributed by atoms with van der Waals surface area (Å²) in [5.74, 6) is 1.50. The quantitative estimate of drug-likeness (QED) is 0.251. The monoisotopic (exact) mass is 568 g/mol. The maximum absolute atomic E-state index is 14.2. The largest absolute Gasteiger partial charge is 0.454 e. The van der Waals surface area contributed by atoms with Crippen LogP contribution < -0.4 is 19.7 Å². The summed E-state index contributed by atoms with van der Waals surface area (Å²) in [4.78, 5) is 19.1. The molecule has 8 rings (SSSR count). The van der Waals surface area contributed by atoms with Gasteiger partial charge < -0.3 is 34.4 Å².